The van der Waals surface area contributed by atoms with Crippen LogP contribution in [0.15, 0.2) is 29.6 Å². The van der Waals surface area contributed by atoms with E-state index in [1.807, 2.05) is 6.92 Å². The number of carbonyl (C=O) groups excluding carboxylic acids is 1. The summed E-state index contributed by atoms with van der Waals surface area (Å²) in [5.41, 5.74) is 0.696. The predicted molar refractivity (Wildman–Crippen MR) is 97.2 cm³/mol. The average molecular weight is 362 g/mol. The molecule has 1 saturated carbocycles. The smallest absolute Gasteiger partial charge is 0.273 e. The first-order valence-electron chi connectivity index (χ1n) is 8.45. The van der Waals surface area contributed by atoms with Crippen molar-refractivity contribution in [2.24, 2.45) is 5.41 Å². The summed E-state index contributed by atoms with van der Waals surface area (Å²) in [5, 5.41) is 2.22. The van der Waals surface area contributed by atoms with Crippen LogP contribution in [0.4, 0.5) is 4.39 Å². The van der Waals surface area contributed by atoms with E-state index >= 15 is 0 Å². The number of hydrogen-bond acceptors (Lipinski definition) is 4. The van der Waals surface area contributed by atoms with Crippen LogP contribution < -0.4 is 0 Å². The number of aromatic nitrogens is 1. The minimum absolute atomic E-state index is 0.0925. The molecule has 0 radical (unpaired) electrons. The highest BCUT2D eigenvalue weighted by Crippen LogP contribution is 2.45. The van der Waals surface area contributed by atoms with Gasteiger partial charge in [-0.15, -0.1) is 11.3 Å². The Bertz CT molecular complexity index is 774. The van der Waals surface area contributed by atoms with E-state index in [2.05, 4.69) is 18.8 Å². The van der Waals surface area contributed by atoms with Crippen molar-refractivity contribution in [2.75, 3.05) is 13.7 Å². The normalized spacial score (nSPS) is 21.6. The minimum Gasteiger partial charge on any atom is -0.378 e. The molecule has 0 saturated heterocycles. The number of thiazole rings is 1. The van der Waals surface area contributed by atoms with Gasteiger partial charge in [0.1, 0.15) is 16.5 Å². The molecule has 134 valence electrons. The first kappa shape index (κ1) is 18.0. The van der Waals surface area contributed by atoms with E-state index in [0.717, 1.165) is 6.42 Å². The van der Waals surface area contributed by atoms with Crippen molar-refractivity contribution in [3.63, 3.8) is 0 Å². The van der Waals surface area contributed by atoms with E-state index in [9.17, 15) is 9.18 Å². The summed E-state index contributed by atoms with van der Waals surface area (Å²) in [5.74, 6) is -0.462. The molecular formula is C19H23FN2O2S. The maximum atomic E-state index is 13.9. The molecule has 0 bridgehead atoms. The number of rotatable bonds is 5. The van der Waals surface area contributed by atoms with E-state index in [1.165, 1.54) is 17.4 Å². The SMILES string of the molecule is CCO[C@@H]1C[C@H](N(C)C(=O)c2csc(-c3ccccc3F)n2)C1(C)C. The fourth-order valence-electron chi connectivity index (χ4n) is 3.46. The lowest BCUT2D eigenvalue weighted by Crippen LogP contribution is -2.62. The Morgan fingerprint density at radius 2 is 2.16 bits per heavy atom. The van der Waals surface area contributed by atoms with Gasteiger partial charge in [-0.25, -0.2) is 9.37 Å². The van der Waals surface area contributed by atoms with Crippen LogP contribution in [0.25, 0.3) is 10.6 Å². The van der Waals surface area contributed by atoms with Gasteiger partial charge in [-0.2, -0.15) is 0 Å². The average Bonchev–Trinajstić information content (AvgIpc) is 3.07. The monoisotopic (exact) mass is 362 g/mol. The van der Waals surface area contributed by atoms with Gasteiger partial charge in [0.25, 0.3) is 5.91 Å². The zero-order valence-electron chi connectivity index (χ0n) is 15.0. The molecule has 1 aromatic heterocycles. The van der Waals surface area contributed by atoms with E-state index in [-0.39, 0.29) is 29.3 Å². The van der Waals surface area contributed by atoms with E-state index < -0.39 is 0 Å². The van der Waals surface area contributed by atoms with Gasteiger partial charge in [-0.3, -0.25) is 4.79 Å². The maximum Gasteiger partial charge on any atom is 0.273 e. The molecule has 1 amide bonds. The van der Waals surface area contributed by atoms with Crippen molar-refractivity contribution in [1.82, 2.24) is 9.88 Å². The number of amides is 1. The first-order chi connectivity index (χ1) is 11.9. The van der Waals surface area contributed by atoms with Gasteiger partial charge in [0.05, 0.1) is 6.10 Å². The third kappa shape index (κ3) is 3.20. The maximum absolute atomic E-state index is 13.9. The van der Waals surface area contributed by atoms with Crippen molar-refractivity contribution in [2.45, 2.75) is 39.3 Å². The number of halogens is 1. The summed E-state index contributed by atoms with van der Waals surface area (Å²) < 4.78 is 19.7. The molecule has 1 aromatic carbocycles. The van der Waals surface area contributed by atoms with Crippen molar-refractivity contribution >= 4 is 17.2 Å². The molecule has 2 atom stereocenters. The molecular weight excluding hydrogens is 339 g/mol. The Hall–Kier alpha value is -1.79. The second-order valence-electron chi connectivity index (χ2n) is 6.95. The summed E-state index contributed by atoms with van der Waals surface area (Å²) in [6.45, 7) is 6.91. The second-order valence-corrected chi connectivity index (χ2v) is 7.81. The molecule has 1 fully saturated rings. The molecule has 25 heavy (non-hydrogen) atoms. The van der Waals surface area contributed by atoms with Crippen LogP contribution in [-0.2, 0) is 4.74 Å². The molecule has 1 heterocycles. The number of benzene rings is 1. The summed E-state index contributed by atoms with van der Waals surface area (Å²) in [6.07, 6.45) is 0.995. The molecule has 1 aliphatic carbocycles. The summed E-state index contributed by atoms with van der Waals surface area (Å²) in [7, 11) is 1.80. The summed E-state index contributed by atoms with van der Waals surface area (Å²) in [4.78, 5) is 18.9. The van der Waals surface area contributed by atoms with Crippen LogP contribution in [0, 0.1) is 11.2 Å². The standard InChI is InChI=1S/C19H23FN2O2S/c1-5-24-16-10-15(19(16,2)3)22(4)18(23)14-11-25-17(21-14)12-8-6-7-9-13(12)20/h6-9,11,15-16H,5,10H2,1-4H3/t15-,16+/m0/s1. The number of carbonyl (C=O) groups is 1. The molecule has 4 nitrogen and oxygen atoms in total. The largest absolute Gasteiger partial charge is 0.378 e. The third-order valence-electron chi connectivity index (χ3n) is 5.11. The lowest BCUT2D eigenvalue weighted by atomic mass is 9.63. The van der Waals surface area contributed by atoms with E-state index in [4.69, 9.17) is 4.74 Å². The van der Waals surface area contributed by atoms with Crippen LogP contribution in [-0.4, -0.2) is 41.6 Å². The molecule has 0 aliphatic heterocycles. The molecule has 0 unspecified atom stereocenters. The van der Waals surface area contributed by atoms with E-state index in [1.54, 1.807) is 35.5 Å². The van der Waals surface area contributed by atoms with Crippen molar-refractivity contribution in [1.29, 1.82) is 0 Å². The Morgan fingerprint density at radius 3 is 2.80 bits per heavy atom. The highest BCUT2D eigenvalue weighted by atomic mass is 32.1. The van der Waals surface area contributed by atoms with Crippen molar-refractivity contribution in [3.05, 3.63) is 41.2 Å². The van der Waals surface area contributed by atoms with Gasteiger partial charge in [0.2, 0.25) is 0 Å². The number of hydrogen-bond donors (Lipinski definition) is 0. The fraction of sp³-hybridized carbons (Fsp3) is 0.474. The van der Waals surface area contributed by atoms with Crippen LogP contribution in [0.1, 0.15) is 37.7 Å². The fourth-order valence-corrected chi connectivity index (χ4v) is 4.28. The topological polar surface area (TPSA) is 42.4 Å². The second kappa shape index (κ2) is 6.84. The Balaban J connectivity index is 1.75. The lowest BCUT2D eigenvalue weighted by molar-refractivity contribution is -0.136. The van der Waals surface area contributed by atoms with Gasteiger partial charge < -0.3 is 9.64 Å². The van der Waals surface area contributed by atoms with Crippen LogP contribution >= 0.6 is 11.3 Å². The van der Waals surface area contributed by atoms with Crippen LogP contribution in [0.3, 0.4) is 0 Å². The molecule has 3 rings (SSSR count). The summed E-state index contributed by atoms with van der Waals surface area (Å²) >= 11 is 1.29. The minimum atomic E-state index is -0.330. The predicted octanol–water partition coefficient (Wildman–Crippen LogP) is 4.22. The van der Waals surface area contributed by atoms with Crippen molar-refractivity contribution < 1.29 is 13.9 Å². The quantitative estimate of drug-likeness (QED) is 0.800. The highest BCUT2D eigenvalue weighted by Gasteiger charge is 2.52. The van der Waals surface area contributed by atoms with Gasteiger partial charge in [-0.1, -0.05) is 26.0 Å². The van der Waals surface area contributed by atoms with Crippen molar-refractivity contribution in [3.8, 4) is 10.6 Å². The Morgan fingerprint density at radius 1 is 1.44 bits per heavy atom. The first-order valence-corrected chi connectivity index (χ1v) is 9.33. The van der Waals surface area contributed by atoms with Gasteiger partial charge in [-0.05, 0) is 25.5 Å². The van der Waals surface area contributed by atoms with Gasteiger partial charge >= 0.3 is 0 Å². The van der Waals surface area contributed by atoms with Crippen LogP contribution in [0.5, 0.6) is 0 Å². The Kier molecular flexibility index (Phi) is 4.93. The molecule has 1 aliphatic rings. The molecule has 0 N–H and O–H groups in total. The Labute approximate surface area is 151 Å². The lowest BCUT2D eigenvalue weighted by Gasteiger charge is -2.54. The number of nitrogens with zero attached hydrogens (tertiary/aromatic N) is 2. The molecule has 2 aromatic rings. The summed E-state index contributed by atoms with van der Waals surface area (Å²) in [6, 6.07) is 6.58. The molecule has 6 heteroatoms. The van der Waals surface area contributed by atoms with Gasteiger partial charge in [0, 0.05) is 36.1 Å². The zero-order valence-corrected chi connectivity index (χ0v) is 15.8. The zero-order chi connectivity index (χ0) is 18.2. The van der Waals surface area contributed by atoms with E-state index in [0.29, 0.717) is 22.9 Å². The highest BCUT2D eigenvalue weighted by molar-refractivity contribution is 7.13. The number of ether oxygens (including phenoxy) is 1. The molecule has 0 spiro atoms. The third-order valence-corrected chi connectivity index (χ3v) is 5.98. The van der Waals surface area contributed by atoms with Crippen LogP contribution in [0.2, 0.25) is 0 Å². The van der Waals surface area contributed by atoms with Gasteiger partial charge in [0.15, 0.2) is 0 Å².